The van der Waals surface area contributed by atoms with Crippen molar-refractivity contribution in [1.29, 1.82) is 0 Å². The van der Waals surface area contributed by atoms with Gasteiger partial charge >= 0.3 is 0 Å². The van der Waals surface area contributed by atoms with Crippen molar-refractivity contribution in [3.63, 3.8) is 0 Å². The van der Waals surface area contributed by atoms with Crippen LogP contribution < -0.4 is 10.0 Å². The Hall–Kier alpha value is -2.77. The topological polar surface area (TPSA) is 146 Å². The van der Waals surface area contributed by atoms with Crippen molar-refractivity contribution in [2.45, 2.75) is 19.5 Å². The van der Waals surface area contributed by atoms with Crippen molar-refractivity contribution in [3.8, 4) is 0 Å². The molecule has 3 heterocycles. The number of carbonyl (C=O) groups is 1. The van der Waals surface area contributed by atoms with Gasteiger partial charge in [-0.3, -0.25) is 14.0 Å². The van der Waals surface area contributed by atoms with Crippen LogP contribution in [0.15, 0.2) is 41.3 Å². The summed E-state index contributed by atoms with van der Waals surface area (Å²) in [5.41, 5.74) is 1.79. The molecule has 0 aliphatic carbocycles. The lowest BCUT2D eigenvalue weighted by Gasteiger charge is -2.21. The minimum atomic E-state index is -2.59. The van der Waals surface area contributed by atoms with E-state index in [9.17, 15) is 13.6 Å². The van der Waals surface area contributed by atoms with E-state index in [1.165, 1.54) is 23.6 Å². The first-order valence-electron chi connectivity index (χ1n) is 8.84. The van der Waals surface area contributed by atoms with Crippen LogP contribution in [0.25, 0.3) is 11.0 Å². The maximum absolute atomic E-state index is 12.4. The molecule has 4 aromatic rings. The van der Waals surface area contributed by atoms with Crippen LogP contribution >= 0.6 is 22.9 Å². The van der Waals surface area contributed by atoms with Crippen LogP contribution in [-0.2, 0) is 17.8 Å². The molecule has 0 saturated carbocycles. The molecule has 0 radical (unpaired) electrons. The van der Waals surface area contributed by atoms with Gasteiger partial charge in [0.15, 0.2) is 5.52 Å². The summed E-state index contributed by atoms with van der Waals surface area (Å²) in [6, 6.07) is 5.48. The highest BCUT2D eigenvalue weighted by atomic mass is 35.5. The lowest BCUT2D eigenvalue weighted by Crippen LogP contribution is -2.26. The first-order chi connectivity index (χ1) is 14.9. The number of thiazole rings is 1. The third kappa shape index (κ3) is 4.78. The van der Waals surface area contributed by atoms with Crippen LogP contribution in [0.4, 0.5) is 0 Å². The first kappa shape index (κ1) is 21.5. The molecular formula is C18H14ClN6O4S2-. The molecule has 2 unspecified atom stereocenters. The zero-order valence-electron chi connectivity index (χ0n) is 15.9. The van der Waals surface area contributed by atoms with Gasteiger partial charge in [0, 0.05) is 34.1 Å². The normalized spacial score (nSPS) is 13.3. The van der Waals surface area contributed by atoms with Crippen LogP contribution in [0, 0.1) is 6.92 Å². The molecular weight excluding hydrogens is 464 g/mol. The zero-order valence-corrected chi connectivity index (χ0v) is 18.3. The van der Waals surface area contributed by atoms with Gasteiger partial charge in [0.2, 0.25) is 0 Å². The minimum Gasteiger partial charge on any atom is -0.760 e. The number of pyridine rings is 1. The van der Waals surface area contributed by atoms with Gasteiger partial charge in [0.25, 0.3) is 5.91 Å². The highest BCUT2D eigenvalue weighted by Gasteiger charge is 2.22. The molecule has 0 aliphatic heterocycles. The average Bonchev–Trinajstić information content (AvgIpc) is 3.41. The van der Waals surface area contributed by atoms with Crippen LogP contribution in [0.2, 0.25) is 5.02 Å². The number of halogens is 1. The number of rotatable bonds is 7. The van der Waals surface area contributed by atoms with E-state index in [4.69, 9.17) is 16.2 Å². The molecule has 31 heavy (non-hydrogen) atoms. The summed E-state index contributed by atoms with van der Waals surface area (Å²) >= 11 is 5.00. The molecule has 0 bridgehead atoms. The maximum atomic E-state index is 12.4. The van der Waals surface area contributed by atoms with E-state index < -0.39 is 17.3 Å². The third-order valence-electron chi connectivity index (χ3n) is 4.37. The highest BCUT2D eigenvalue weighted by molar-refractivity contribution is 7.77. The molecule has 2 atom stereocenters. The van der Waals surface area contributed by atoms with Crippen molar-refractivity contribution >= 4 is 51.1 Å². The van der Waals surface area contributed by atoms with Crippen LogP contribution in [0.5, 0.6) is 0 Å². The summed E-state index contributed by atoms with van der Waals surface area (Å²) in [6.45, 7) is 2.23. The molecule has 13 heteroatoms. The van der Waals surface area contributed by atoms with Crippen LogP contribution in [-0.4, -0.2) is 35.0 Å². The summed E-state index contributed by atoms with van der Waals surface area (Å²) in [6.07, 6.45) is 3.13. The molecule has 1 amide bonds. The predicted molar refractivity (Wildman–Crippen MR) is 113 cm³/mol. The van der Waals surface area contributed by atoms with Crippen molar-refractivity contribution in [1.82, 2.24) is 30.3 Å². The molecule has 3 aromatic heterocycles. The molecule has 1 aromatic carbocycles. The zero-order chi connectivity index (χ0) is 22.0. The first-order valence-corrected chi connectivity index (χ1v) is 11.1. The van der Waals surface area contributed by atoms with E-state index >= 15 is 0 Å². The van der Waals surface area contributed by atoms with Crippen molar-refractivity contribution < 1.29 is 18.2 Å². The smallest absolute Gasteiger partial charge is 0.270 e. The molecule has 4 rings (SSSR count). The number of aromatic nitrogens is 4. The largest absolute Gasteiger partial charge is 0.760 e. The molecule has 10 nitrogen and oxygen atoms in total. The van der Waals surface area contributed by atoms with E-state index in [0.717, 1.165) is 9.88 Å². The summed E-state index contributed by atoms with van der Waals surface area (Å²) in [7, 11) is 0. The highest BCUT2D eigenvalue weighted by Crippen LogP contribution is 2.31. The Bertz CT molecular complexity index is 1260. The molecule has 0 aliphatic rings. The van der Waals surface area contributed by atoms with Crippen molar-refractivity contribution in [3.05, 3.63) is 68.4 Å². The van der Waals surface area contributed by atoms with Gasteiger partial charge in [-0.1, -0.05) is 23.7 Å². The van der Waals surface area contributed by atoms with E-state index in [2.05, 4.69) is 30.3 Å². The van der Waals surface area contributed by atoms with E-state index in [0.29, 0.717) is 33.7 Å². The number of hydrogen-bond acceptors (Lipinski definition) is 9. The summed E-state index contributed by atoms with van der Waals surface area (Å²) in [5, 5.41) is 11.6. The molecule has 0 fully saturated rings. The fourth-order valence-electron chi connectivity index (χ4n) is 2.95. The van der Waals surface area contributed by atoms with Crippen LogP contribution in [0.1, 0.15) is 37.5 Å². The Morgan fingerprint density at radius 2 is 2.03 bits per heavy atom. The van der Waals surface area contributed by atoms with Gasteiger partial charge in [-0.05, 0) is 34.9 Å². The quantitative estimate of drug-likeness (QED) is 0.386. The van der Waals surface area contributed by atoms with Gasteiger partial charge in [-0.15, -0.1) is 11.3 Å². The number of aryl methyl sites for hydroxylation is 1. The van der Waals surface area contributed by atoms with Crippen molar-refractivity contribution in [2.75, 3.05) is 0 Å². The number of amides is 1. The minimum absolute atomic E-state index is 0.191. The van der Waals surface area contributed by atoms with Crippen LogP contribution in [0.3, 0.4) is 0 Å². The Kier molecular flexibility index (Phi) is 6.34. The number of fused-ring (bicyclic) bond motifs is 1. The fraction of sp³-hybridized carbons (Fsp3) is 0.167. The second-order valence-electron chi connectivity index (χ2n) is 6.39. The van der Waals surface area contributed by atoms with E-state index in [1.54, 1.807) is 24.4 Å². The average molecular weight is 478 g/mol. The second kappa shape index (κ2) is 9.16. The molecule has 0 spiro atoms. The maximum Gasteiger partial charge on any atom is 0.270 e. The summed E-state index contributed by atoms with van der Waals surface area (Å²) in [4.78, 5) is 21.6. The van der Waals surface area contributed by atoms with Crippen molar-refractivity contribution in [2.24, 2.45) is 0 Å². The number of benzene rings is 1. The van der Waals surface area contributed by atoms with Gasteiger partial charge in [-0.25, -0.2) is 14.3 Å². The van der Waals surface area contributed by atoms with E-state index in [1.807, 2.05) is 6.92 Å². The lowest BCUT2D eigenvalue weighted by molar-refractivity contribution is 0.0946. The Labute approximate surface area is 187 Å². The number of nitrogens with zero attached hydrogens (tertiary/aromatic N) is 4. The Morgan fingerprint density at radius 1 is 1.23 bits per heavy atom. The predicted octanol–water partition coefficient (Wildman–Crippen LogP) is 2.44. The number of nitrogens with one attached hydrogen (secondary N) is 2. The standard InChI is InChI=1S/C18H15ClN6O4S2/c1-9-20-7-11(30-9)8-22-18(26)14-5-2-10(6-21-14)15(25-31(27)28)12-3-4-13(19)17-16(12)23-29-24-17/h2-7,15,25H,8H2,1H3,(H,22,26)(H,27,28)/p-1. The number of carbonyl (C=O) groups excluding carboxylic acids is 1. The Morgan fingerprint density at radius 3 is 2.71 bits per heavy atom. The molecule has 160 valence electrons. The van der Waals surface area contributed by atoms with Gasteiger partial charge in [0.05, 0.1) is 22.6 Å². The van der Waals surface area contributed by atoms with Gasteiger partial charge in [0.1, 0.15) is 11.2 Å². The molecule has 2 N–H and O–H groups in total. The Balaban J connectivity index is 1.58. The van der Waals surface area contributed by atoms with Gasteiger partial charge < -0.3 is 9.87 Å². The third-order valence-corrected chi connectivity index (χ3v) is 6.01. The fourth-order valence-corrected chi connectivity index (χ4v) is 4.33. The molecule has 0 saturated heterocycles. The monoisotopic (exact) mass is 477 g/mol. The lowest BCUT2D eigenvalue weighted by atomic mass is 9.99. The number of hydrogen-bond donors (Lipinski definition) is 2. The summed E-state index contributed by atoms with van der Waals surface area (Å²) in [5.74, 6) is -0.357. The van der Waals surface area contributed by atoms with E-state index in [-0.39, 0.29) is 11.6 Å². The summed E-state index contributed by atoms with van der Waals surface area (Å²) < 4.78 is 30.0. The SMILES string of the molecule is Cc1ncc(CNC(=O)c2ccc(C(NS(=O)[O-])c3ccc(Cl)c4nonc34)cn2)s1. The van der Waals surface area contributed by atoms with Gasteiger partial charge in [-0.2, -0.15) is 0 Å². The second-order valence-corrected chi connectivity index (χ2v) is 8.82.